The monoisotopic (exact) mass is 286 g/mol. The van der Waals surface area contributed by atoms with Gasteiger partial charge in [-0.05, 0) is 67.6 Å². The smallest absolute Gasteiger partial charge is 0.139 e. The molecule has 1 heteroatoms. The van der Waals surface area contributed by atoms with Gasteiger partial charge in [0.25, 0.3) is 0 Å². The van der Waals surface area contributed by atoms with Crippen LogP contribution >= 0.6 is 0 Å². The largest absolute Gasteiger partial charge is 0.299 e. The van der Waals surface area contributed by atoms with E-state index in [0.29, 0.717) is 22.0 Å². The summed E-state index contributed by atoms with van der Waals surface area (Å²) in [6, 6.07) is 0. The fourth-order valence-electron chi connectivity index (χ4n) is 6.69. The zero-order valence-electron chi connectivity index (χ0n) is 14.3. The van der Waals surface area contributed by atoms with Gasteiger partial charge in [0.2, 0.25) is 0 Å². The van der Waals surface area contributed by atoms with Gasteiger partial charge in [0, 0.05) is 11.8 Å². The van der Waals surface area contributed by atoms with Crippen molar-refractivity contribution in [3.05, 3.63) is 11.1 Å². The number of allylic oxidation sites excluding steroid dienone is 2. The van der Waals surface area contributed by atoms with Gasteiger partial charge in [-0.3, -0.25) is 4.79 Å². The quantitative estimate of drug-likeness (QED) is 0.542. The lowest BCUT2D eigenvalue weighted by molar-refractivity contribution is -0.161. The third-order valence-electron chi connectivity index (χ3n) is 8.17. The van der Waals surface area contributed by atoms with Gasteiger partial charge in [-0.1, -0.05) is 38.8 Å². The minimum Gasteiger partial charge on any atom is -0.299 e. The lowest BCUT2D eigenvalue weighted by atomic mass is 9.37. The maximum absolute atomic E-state index is 12.6. The molecule has 3 atom stereocenters. The lowest BCUT2D eigenvalue weighted by Gasteiger charge is -2.66. The summed E-state index contributed by atoms with van der Waals surface area (Å²) in [5.74, 6) is 0.574. The first-order chi connectivity index (χ1) is 9.73. The Bertz CT molecular complexity index is 554. The second kappa shape index (κ2) is 3.84. The third kappa shape index (κ3) is 1.56. The molecule has 0 aliphatic heterocycles. The Hall–Kier alpha value is -0.590. The summed E-state index contributed by atoms with van der Waals surface area (Å²) in [5, 5.41) is 0. The average molecular weight is 286 g/mol. The predicted molar refractivity (Wildman–Crippen MR) is 86.0 cm³/mol. The Balaban J connectivity index is 1.88. The SMILES string of the molecule is CC1(C)CCCC2=C1CC[C@@]13CC[C@@](C)(C[C@@]21C)C(=O)C3. The van der Waals surface area contributed by atoms with Crippen LogP contribution < -0.4 is 0 Å². The van der Waals surface area contributed by atoms with E-state index in [2.05, 4.69) is 27.7 Å². The molecule has 3 fully saturated rings. The summed E-state index contributed by atoms with van der Waals surface area (Å²) >= 11 is 0. The van der Waals surface area contributed by atoms with Gasteiger partial charge in [0.15, 0.2) is 0 Å². The van der Waals surface area contributed by atoms with Crippen LogP contribution in [-0.2, 0) is 4.79 Å². The molecule has 3 saturated carbocycles. The van der Waals surface area contributed by atoms with Crippen LogP contribution in [0.5, 0.6) is 0 Å². The first-order valence-electron chi connectivity index (χ1n) is 8.99. The van der Waals surface area contributed by atoms with Crippen LogP contribution in [0.3, 0.4) is 0 Å². The van der Waals surface area contributed by atoms with Gasteiger partial charge in [-0.15, -0.1) is 0 Å². The van der Waals surface area contributed by atoms with Gasteiger partial charge in [0.05, 0.1) is 0 Å². The highest BCUT2D eigenvalue weighted by atomic mass is 16.1. The fourth-order valence-corrected chi connectivity index (χ4v) is 6.69. The van der Waals surface area contributed by atoms with Crippen LogP contribution in [0.2, 0.25) is 0 Å². The van der Waals surface area contributed by atoms with Crippen molar-refractivity contribution < 1.29 is 4.79 Å². The number of rotatable bonds is 0. The van der Waals surface area contributed by atoms with Crippen molar-refractivity contribution in [1.29, 1.82) is 0 Å². The van der Waals surface area contributed by atoms with Gasteiger partial charge in [-0.2, -0.15) is 0 Å². The van der Waals surface area contributed by atoms with Crippen molar-refractivity contribution in [2.24, 2.45) is 21.7 Å². The minimum atomic E-state index is -0.0203. The van der Waals surface area contributed by atoms with Crippen molar-refractivity contribution in [2.75, 3.05) is 0 Å². The molecule has 5 aliphatic carbocycles. The highest BCUT2D eigenvalue weighted by Gasteiger charge is 2.65. The fraction of sp³-hybridized carbons (Fsp3) is 0.850. The molecule has 0 heterocycles. The van der Waals surface area contributed by atoms with Crippen molar-refractivity contribution in [2.45, 2.75) is 85.5 Å². The van der Waals surface area contributed by atoms with Crippen LogP contribution in [0.1, 0.15) is 85.5 Å². The van der Waals surface area contributed by atoms with Gasteiger partial charge < -0.3 is 0 Å². The Labute approximate surface area is 129 Å². The van der Waals surface area contributed by atoms with Crippen molar-refractivity contribution in [3.63, 3.8) is 0 Å². The summed E-state index contributed by atoms with van der Waals surface area (Å²) in [6.07, 6.45) is 11.0. The second-order valence-corrected chi connectivity index (χ2v) is 9.64. The summed E-state index contributed by atoms with van der Waals surface area (Å²) in [4.78, 5) is 12.6. The zero-order valence-corrected chi connectivity index (χ0v) is 14.3. The number of carbonyl (C=O) groups excluding carboxylic acids is 1. The number of Topliss-reactive ketones (excluding diaryl/α,β-unsaturated/α-hetero) is 1. The summed E-state index contributed by atoms with van der Waals surface area (Å²) < 4.78 is 0. The summed E-state index contributed by atoms with van der Waals surface area (Å²) in [5.41, 5.74) is 4.59. The van der Waals surface area contributed by atoms with Gasteiger partial charge in [-0.25, -0.2) is 0 Å². The molecule has 0 aromatic heterocycles. The van der Waals surface area contributed by atoms with Gasteiger partial charge in [0.1, 0.15) is 5.78 Å². The van der Waals surface area contributed by atoms with E-state index in [-0.39, 0.29) is 5.41 Å². The molecule has 0 saturated heterocycles. The predicted octanol–water partition coefficient (Wildman–Crippen LogP) is 5.44. The molecule has 0 radical (unpaired) electrons. The molecule has 1 spiro atoms. The molecule has 1 nitrogen and oxygen atoms in total. The zero-order chi connectivity index (χ0) is 15.1. The Morgan fingerprint density at radius 1 is 0.857 bits per heavy atom. The van der Waals surface area contributed by atoms with Crippen molar-refractivity contribution in [1.82, 2.24) is 0 Å². The van der Waals surface area contributed by atoms with Crippen molar-refractivity contribution >= 4 is 5.78 Å². The molecule has 0 aromatic carbocycles. The number of fused-ring (bicyclic) bond motifs is 2. The number of hydrogen-bond donors (Lipinski definition) is 0. The average Bonchev–Trinajstić information content (AvgIpc) is 2.39. The molecule has 2 bridgehead atoms. The molecule has 0 aromatic rings. The standard InChI is InChI=1S/C20H30O/c1-17(2)8-5-6-15-14(17)7-9-20-11-10-18(3,16(21)12-20)13-19(15,20)4/h5-13H2,1-4H3/t18-,19-,20-/m0/s1. The van der Waals surface area contributed by atoms with E-state index < -0.39 is 0 Å². The molecule has 5 rings (SSSR count). The second-order valence-electron chi connectivity index (χ2n) is 9.64. The molecule has 0 unspecified atom stereocenters. The Kier molecular flexibility index (Phi) is 2.56. The third-order valence-corrected chi connectivity index (χ3v) is 8.17. The normalized spacial score (nSPS) is 48.1. The Morgan fingerprint density at radius 3 is 2.33 bits per heavy atom. The summed E-state index contributed by atoms with van der Waals surface area (Å²) in [7, 11) is 0. The number of carbonyl (C=O) groups is 1. The van der Waals surface area contributed by atoms with Gasteiger partial charge >= 0.3 is 0 Å². The first kappa shape index (κ1) is 14.0. The molecule has 0 amide bonds. The van der Waals surface area contributed by atoms with E-state index in [1.54, 1.807) is 11.1 Å². The maximum Gasteiger partial charge on any atom is 0.139 e. The molecule has 21 heavy (non-hydrogen) atoms. The first-order valence-corrected chi connectivity index (χ1v) is 8.99. The van der Waals surface area contributed by atoms with E-state index in [1.165, 1.54) is 38.5 Å². The molecule has 0 N–H and O–H groups in total. The van der Waals surface area contributed by atoms with Crippen LogP contribution in [0.15, 0.2) is 11.1 Å². The van der Waals surface area contributed by atoms with E-state index >= 15 is 0 Å². The highest BCUT2D eigenvalue weighted by Crippen LogP contribution is 2.72. The van der Waals surface area contributed by atoms with Crippen molar-refractivity contribution in [3.8, 4) is 0 Å². The van der Waals surface area contributed by atoms with E-state index in [9.17, 15) is 4.79 Å². The molecular weight excluding hydrogens is 256 g/mol. The Morgan fingerprint density at radius 2 is 1.62 bits per heavy atom. The van der Waals surface area contributed by atoms with E-state index in [1.807, 2.05) is 0 Å². The van der Waals surface area contributed by atoms with E-state index in [0.717, 1.165) is 19.3 Å². The highest BCUT2D eigenvalue weighted by molar-refractivity contribution is 5.87. The summed E-state index contributed by atoms with van der Waals surface area (Å²) in [6.45, 7) is 9.70. The number of ketones is 1. The molecule has 5 aliphatic rings. The lowest BCUT2D eigenvalue weighted by Crippen LogP contribution is -2.60. The topological polar surface area (TPSA) is 17.1 Å². The van der Waals surface area contributed by atoms with Crippen LogP contribution in [0.25, 0.3) is 0 Å². The van der Waals surface area contributed by atoms with Crippen LogP contribution in [-0.4, -0.2) is 5.78 Å². The van der Waals surface area contributed by atoms with Crippen LogP contribution in [0, 0.1) is 21.7 Å². The van der Waals surface area contributed by atoms with E-state index in [4.69, 9.17) is 0 Å². The number of hydrogen-bond acceptors (Lipinski definition) is 1. The molecule has 116 valence electrons. The van der Waals surface area contributed by atoms with Crippen LogP contribution in [0.4, 0.5) is 0 Å². The molecular formula is C20H30O. The maximum atomic E-state index is 12.6. The minimum absolute atomic E-state index is 0.0203.